The van der Waals surface area contributed by atoms with Gasteiger partial charge in [0.25, 0.3) is 0 Å². The molecule has 2 fully saturated rings. The van der Waals surface area contributed by atoms with Gasteiger partial charge in [0, 0.05) is 0 Å². The number of hydrogen-bond acceptors (Lipinski definition) is 2. The fraction of sp³-hybridized carbons (Fsp3) is 0.588. The third-order valence-corrected chi connectivity index (χ3v) is 5.14. The maximum atomic E-state index is 12.2. The second-order valence-electron chi connectivity index (χ2n) is 6.76. The highest BCUT2D eigenvalue weighted by molar-refractivity contribution is 5.80. The summed E-state index contributed by atoms with van der Waals surface area (Å²) in [6.45, 7) is 1.09. The molecule has 3 nitrogen and oxygen atoms in total. The maximum Gasteiger partial charge on any atom is 0.227 e. The lowest BCUT2D eigenvalue weighted by atomic mass is 9.88. The van der Waals surface area contributed by atoms with Crippen LogP contribution in [0.4, 0.5) is 0 Å². The van der Waals surface area contributed by atoms with Gasteiger partial charge in [0.1, 0.15) is 5.60 Å². The number of β-amino-alcohol motifs (C(OH)–C–C–N with tert-alkyl or cyclic N) is 1. The molecule has 1 saturated heterocycles. The summed E-state index contributed by atoms with van der Waals surface area (Å²) in [7, 11) is 0. The molecule has 1 N–H and O–H groups in total. The van der Waals surface area contributed by atoms with Crippen LogP contribution in [0.25, 0.3) is 0 Å². The molecule has 106 valence electrons. The Morgan fingerprint density at radius 1 is 1.25 bits per heavy atom. The predicted molar refractivity (Wildman–Crippen MR) is 76.4 cm³/mol. The lowest BCUT2D eigenvalue weighted by Gasteiger charge is -2.47. The van der Waals surface area contributed by atoms with Crippen LogP contribution in [-0.2, 0) is 24.1 Å². The van der Waals surface area contributed by atoms with Crippen LogP contribution in [0, 0.1) is 5.92 Å². The molecule has 3 heteroatoms. The summed E-state index contributed by atoms with van der Waals surface area (Å²) in [5.41, 5.74) is 3.44. The molecule has 1 aliphatic heterocycles. The minimum atomic E-state index is -0.562. The summed E-state index contributed by atoms with van der Waals surface area (Å²) in [4.78, 5) is 14.1. The Labute approximate surface area is 119 Å². The maximum absolute atomic E-state index is 12.2. The Morgan fingerprint density at radius 3 is 2.75 bits per heavy atom. The Morgan fingerprint density at radius 2 is 2.00 bits per heavy atom. The fourth-order valence-corrected chi connectivity index (χ4v) is 3.69. The van der Waals surface area contributed by atoms with Gasteiger partial charge in [-0.1, -0.05) is 18.2 Å². The third kappa shape index (κ3) is 2.05. The predicted octanol–water partition coefficient (Wildman–Crippen LogP) is 1.70. The Bertz CT molecular complexity index is 556. The summed E-state index contributed by atoms with van der Waals surface area (Å²) in [6, 6.07) is 6.48. The van der Waals surface area contributed by atoms with Gasteiger partial charge in [-0.05, 0) is 54.7 Å². The second-order valence-corrected chi connectivity index (χ2v) is 6.76. The van der Waals surface area contributed by atoms with Crippen LogP contribution in [0.2, 0.25) is 0 Å². The van der Waals surface area contributed by atoms with Crippen molar-refractivity contribution in [1.29, 1.82) is 0 Å². The number of carbonyl (C=O) groups is 1. The fourth-order valence-electron chi connectivity index (χ4n) is 3.69. The summed E-state index contributed by atoms with van der Waals surface area (Å²) < 4.78 is 0. The first kappa shape index (κ1) is 12.4. The van der Waals surface area contributed by atoms with Gasteiger partial charge in [0.05, 0.1) is 19.5 Å². The van der Waals surface area contributed by atoms with Gasteiger partial charge in [-0.3, -0.25) is 4.79 Å². The number of benzene rings is 1. The third-order valence-electron chi connectivity index (χ3n) is 5.14. The molecule has 1 aromatic carbocycles. The van der Waals surface area contributed by atoms with E-state index in [4.69, 9.17) is 0 Å². The normalized spacial score (nSPS) is 23.4. The molecule has 1 aromatic rings. The summed E-state index contributed by atoms with van der Waals surface area (Å²) in [6.07, 6.45) is 6.32. The van der Waals surface area contributed by atoms with Gasteiger partial charge in [0.15, 0.2) is 0 Å². The van der Waals surface area contributed by atoms with Crippen LogP contribution in [0.15, 0.2) is 18.2 Å². The van der Waals surface area contributed by atoms with Crippen LogP contribution in [0.1, 0.15) is 36.0 Å². The van der Waals surface area contributed by atoms with Crippen LogP contribution in [0.3, 0.4) is 0 Å². The van der Waals surface area contributed by atoms with E-state index in [0.717, 1.165) is 24.8 Å². The smallest absolute Gasteiger partial charge is 0.227 e. The van der Waals surface area contributed by atoms with Gasteiger partial charge in [0.2, 0.25) is 5.91 Å². The first-order chi connectivity index (χ1) is 9.64. The lowest BCUT2D eigenvalue weighted by Crippen LogP contribution is -2.65. The number of rotatable bonds is 3. The molecular formula is C17H21NO2. The van der Waals surface area contributed by atoms with Gasteiger partial charge in [-0.25, -0.2) is 0 Å². The highest BCUT2D eigenvalue weighted by Gasteiger charge is 2.53. The molecule has 2 aliphatic carbocycles. The molecule has 0 aromatic heterocycles. The summed E-state index contributed by atoms with van der Waals surface area (Å²) in [5.74, 6) is 0.611. The van der Waals surface area contributed by atoms with Crippen molar-refractivity contribution in [2.24, 2.45) is 5.92 Å². The molecular weight excluding hydrogens is 250 g/mol. The van der Waals surface area contributed by atoms with E-state index >= 15 is 0 Å². The van der Waals surface area contributed by atoms with E-state index in [0.29, 0.717) is 25.4 Å². The zero-order chi connectivity index (χ0) is 13.7. The average Bonchev–Trinajstić information content (AvgIpc) is 3.14. The number of aryl methyl sites for hydroxylation is 2. The van der Waals surface area contributed by atoms with Crippen molar-refractivity contribution >= 4 is 5.91 Å². The summed E-state index contributed by atoms with van der Waals surface area (Å²) in [5, 5.41) is 10.3. The van der Waals surface area contributed by atoms with Crippen molar-refractivity contribution in [2.75, 3.05) is 13.1 Å². The Balaban J connectivity index is 1.38. The largest absolute Gasteiger partial charge is 0.386 e. The van der Waals surface area contributed by atoms with Crippen LogP contribution in [0.5, 0.6) is 0 Å². The number of carbonyl (C=O) groups excluding carboxylic acids is 1. The van der Waals surface area contributed by atoms with E-state index in [9.17, 15) is 9.90 Å². The number of amides is 1. The SMILES string of the molecule is O=C(Cc1ccc2c(c1)CCC2)N1CC(O)(C2CC2)C1. The molecule has 0 bridgehead atoms. The number of aliphatic hydroxyl groups is 1. The van der Waals surface area contributed by atoms with Gasteiger partial charge in [-0.15, -0.1) is 0 Å². The highest BCUT2D eigenvalue weighted by Crippen LogP contribution is 2.44. The number of likely N-dealkylation sites (tertiary alicyclic amines) is 1. The molecule has 20 heavy (non-hydrogen) atoms. The van der Waals surface area contributed by atoms with Gasteiger partial charge in [-0.2, -0.15) is 0 Å². The first-order valence-electron chi connectivity index (χ1n) is 7.75. The van der Waals surface area contributed by atoms with Crippen LogP contribution < -0.4 is 0 Å². The standard InChI is InChI=1S/C17H21NO2/c19-16(18-10-17(20,11-18)15-6-7-15)9-12-4-5-13-2-1-3-14(13)8-12/h4-5,8,15,20H,1-3,6-7,9-11H2. The molecule has 1 heterocycles. The van der Waals surface area contributed by atoms with Crippen LogP contribution in [-0.4, -0.2) is 34.6 Å². The minimum Gasteiger partial charge on any atom is -0.386 e. The highest BCUT2D eigenvalue weighted by atomic mass is 16.3. The van der Waals surface area contributed by atoms with Crippen molar-refractivity contribution in [3.05, 3.63) is 34.9 Å². The molecule has 0 spiro atoms. The first-order valence-corrected chi connectivity index (χ1v) is 7.75. The van der Waals surface area contributed by atoms with Crippen molar-refractivity contribution in [2.45, 2.75) is 44.1 Å². The molecule has 0 unspecified atom stereocenters. The van der Waals surface area contributed by atoms with E-state index in [2.05, 4.69) is 18.2 Å². The number of hydrogen-bond donors (Lipinski definition) is 1. The van der Waals surface area contributed by atoms with Crippen LogP contribution >= 0.6 is 0 Å². The van der Waals surface area contributed by atoms with Gasteiger partial charge < -0.3 is 10.0 Å². The molecule has 4 rings (SSSR count). The quantitative estimate of drug-likeness (QED) is 0.909. The van der Waals surface area contributed by atoms with Crippen molar-refractivity contribution in [3.63, 3.8) is 0 Å². The molecule has 0 atom stereocenters. The van der Waals surface area contributed by atoms with Crippen molar-refractivity contribution in [1.82, 2.24) is 4.90 Å². The van der Waals surface area contributed by atoms with E-state index in [1.54, 1.807) is 0 Å². The van der Waals surface area contributed by atoms with E-state index in [1.165, 1.54) is 24.0 Å². The molecule has 3 aliphatic rings. The molecule has 1 saturated carbocycles. The van der Waals surface area contributed by atoms with Gasteiger partial charge >= 0.3 is 0 Å². The van der Waals surface area contributed by atoms with E-state index in [1.807, 2.05) is 4.90 Å². The zero-order valence-corrected chi connectivity index (χ0v) is 11.8. The minimum absolute atomic E-state index is 0.160. The van der Waals surface area contributed by atoms with Crippen molar-refractivity contribution in [3.8, 4) is 0 Å². The van der Waals surface area contributed by atoms with E-state index < -0.39 is 5.60 Å². The molecule has 0 radical (unpaired) electrons. The second kappa shape index (κ2) is 4.32. The topological polar surface area (TPSA) is 40.5 Å². The van der Waals surface area contributed by atoms with E-state index in [-0.39, 0.29) is 5.91 Å². The average molecular weight is 271 g/mol. The number of nitrogens with zero attached hydrogens (tertiary/aromatic N) is 1. The summed E-state index contributed by atoms with van der Waals surface area (Å²) >= 11 is 0. The zero-order valence-electron chi connectivity index (χ0n) is 11.8. The number of fused-ring (bicyclic) bond motifs is 1. The monoisotopic (exact) mass is 271 g/mol. The lowest BCUT2D eigenvalue weighted by molar-refractivity contribution is -0.158. The van der Waals surface area contributed by atoms with Crippen molar-refractivity contribution < 1.29 is 9.90 Å². The Hall–Kier alpha value is -1.35. The Kier molecular flexibility index (Phi) is 2.68. The molecule has 1 amide bonds.